The molecule has 3 atom stereocenters. The lowest BCUT2D eigenvalue weighted by atomic mass is 9.85. The summed E-state index contributed by atoms with van der Waals surface area (Å²) in [6.07, 6.45) is 23.9. The molecule has 0 radical (unpaired) electrons. The predicted octanol–water partition coefficient (Wildman–Crippen LogP) is 7.68. The van der Waals surface area contributed by atoms with E-state index < -0.39 is 17.3 Å². The molecule has 0 spiro atoms. The highest BCUT2D eigenvalue weighted by Gasteiger charge is 2.45. The summed E-state index contributed by atoms with van der Waals surface area (Å²) in [4.78, 5) is 38.1. The first-order valence-corrected chi connectivity index (χ1v) is 17.8. The number of esters is 1. The first-order valence-electron chi connectivity index (χ1n) is 17.8. The standard InChI is InChI=1S/C36H64N2O6/c1-6-7-8-9-10-11-12-13-14-15-16-17-18-19-20-25-31(39)38-29-23-21-22-24-30(29)43-32(40)26-27-37-34(41)33-35(2,3)28-42-36(4,5)44-33/h13-14,29-30,33H,6-12,15-28H2,1-5H3,(H,37,41)(H,38,39)/b14-13-/t29-,30-,33?/m0/s1. The molecule has 1 aliphatic carbocycles. The number of unbranched alkanes of at least 4 members (excludes halogenated alkanes) is 11. The summed E-state index contributed by atoms with van der Waals surface area (Å²) in [5.74, 6) is -1.40. The molecule has 2 amide bonds. The van der Waals surface area contributed by atoms with E-state index in [1.165, 1.54) is 57.8 Å². The Morgan fingerprint density at radius 2 is 1.43 bits per heavy atom. The number of hydrogen-bond donors (Lipinski definition) is 2. The van der Waals surface area contributed by atoms with Gasteiger partial charge in [0.25, 0.3) is 0 Å². The summed E-state index contributed by atoms with van der Waals surface area (Å²) in [5, 5.41) is 5.96. The predicted molar refractivity (Wildman–Crippen MR) is 176 cm³/mol. The summed E-state index contributed by atoms with van der Waals surface area (Å²) in [7, 11) is 0. The largest absolute Gasteiger partial charge is 0.460 e. The van der Waals surface area contributed by atoms with Crippen LogP contribution in [0.15, 0.2) is 12.2 Å². The van der Waals surface area contributed by atoms with Gasteiger partial charge >= 0.3 is 5.97 Å². The maximum atomic E-state index is 12.8. The van der Waals surface area contributed by atoms with E-state index in [0.29, 0.717) is 13.0 Å². The fourth-order valence-corrected chi connectivity index (χ4v) is 5.97. The Hall–Kier alpha value is -1.93. The molecule has 1 heterocycles. The number of amides is 2. The molecule has 2 N–H and O–H groups in total. The van der Waals surface area contributed by atoms with E-state index in [2.05, 4.69) is 29.7 Å². The zero-order valence-electron chi connectivity index (χ0n) is 28.7. The fourth-order valence-electron chi connectivity index (χ4n) is 5.97. The van der Waals surface area contributed by atoms with E-state index in [1.54, 1.807) is 13.8 Å². The summed E-state index contributed by atoms with van der Waals surface area (Å²) >= 11 is 0. The van der Waals surface area contributed by atoms with Gasteiger partial charge < -0.3 is 24.8 Å². The Balaban J connectivity index is 1.55. The molecule has 1 aliphatic heterocycles. The lowest BCUT2D eigenvalue weighted by Crippen LogP contribution is -2.56. The SMILES string of the molecule is CCCCCCCC/C=C\CCCCCCCC(=O)N[C@H]1CCCC[C@@H]1OC(=O)CCNC(=O)C1OC(C)(C)OCC1(C)C. The Morgan fingerprint density at radius 1 is 0.818 bits per heavy atom. The van der Waals surface area contributed by atoms with E-state index >= 15 is 0 Å². The van der Waals surface area contributed by atoms with Gasteiger partial charge in [-0.05, 0) is 65.2 Å². The summed E-state index contributed by atoms with van der Waals surface area (Å²) in [6.45, 7) is 10.3. The van der Waals surface area contributed by atoms with Crippen molar-refractivity contribution in [3.8, 4) is 0 Å². The third kappa shape index (κ3) is 15.9. The van der Waals surface area contributed by atoms with Crippen molar-refractivity contribution in [1.82, 2.24) is 10.6 Å². The van der Waals surface area contributed by atoms with Gasteiger partial charge in [-0.2, -0.15) is 0 Å². The number of hydrogen-bond acceptors (Lipinski definition) is 6. The molecule has 2 aliphatic rings. The lowest BCUT2D eigenvalue weighted by molar-refractivity contribution is -0.304. The van der Waals surface area contributed by atoms with Gasteiger partial charge in [0.05, 0.1) is 19.1 Å². The molecule has 8 heteroatoms. The molecule has 0 aromatic heterocycles. The van der Waals surface area contributed by atoms with Crippen molar-refractivity contribution >= 4 is 17.8 Å². The molecule has 2 fully saturated rings. The van der Waals surface area contributed by atoms with E-state index in [0.717, 1.165) is 51.4 Å². The Bertz CT molecular complexity index is 871. The Kier molecular flexibility index (Phi) is 18.2. The molecule has 44 heavy (non-hydrogen) atoms. The number of carbonyl (C=O) groups excluding carboxylic acids is 3. The minimum atomic E-state index is -0.832. The highest BCUT2D eigenvalue weighted by Crippen LogP contribution is 2.34. The van der Waals surface area contributed by atoms with Crippen LogP contribution in [0.2, 0.25) is 0 Å². The van der Waals surface area contributed by atoms with Gasteiger partial charge in [0.1, 0.15) is 12.2 Å². The van der Waals surface area contributed by atoms with Gasteiger partial charge in [-0.1, -0.05) is 90.7 Å². The smallest absolute Gasteiger partial charge is 0.307 e. The first-order chi connectivity index (χ1) is 21.0. The molecular formula is C36H64N2O6. The quantitative estimate of drug-likeness (QED) is 0.0775. The number of carbonyl (C=O) groups is 3. The van der Waals surface area contributed by atoms with Gasteiger partial charge in [0.15, 0.2) is 5.79 Å². The third-order valence-corrected chi connectivity index (χ3v) is 8.77. The van der Waals surface area contributed by atoms with Crippen LogP contribution in [0, 0.1) is 5.41 Å². The third-order valence-electron chi connectivity index (χ3n) is 8.77. The zero-order valence-corrected chi connectivity index (χ0v) is 28.7. The van der Waals surface area contributed by atoms with Gasteiger partial charge in [-0.15, -0.1) is 0 Å². The van der Waals surface area contributed by atoms with Crippen LogP contribution >= 0.6 is 0 Å². The molecule has 0 aromatic rings. The molecule has 8 nitrogen and oxygen atoms in total. The van der Waals surface area contributed by atoms with Crippen molar-refractivity contribution in [2.75, 3.05) is 13.2 Å². The molecule has 0 aromatic carbocycles. The molecule has 0 bridgehead atoms. The van der Waals surface area contributed by atoms with Gasteiger partial charge in [0.2, 0.25) is 11.8 Å². The average molecular weight is 621 g/mol. The fraction of sp³-hybridized carbons (Fsp3) is 0.861. The highest BCUT2D eigenvalue weighted by atomic mass is 16.7. The van der Waals surface area contributed by atoms with E-state index in [9.17, 15) is 14.4 Å². The molecule has 1 unspecified atom stereocenters. The van der Waals surface area contributed by atoms with Gasteiger partial charge in [0, 0.05) is 18.4 Å². The van der Waals surface area contributed by atoms with Crippen molar-refractivity contribution in [3.63, 3.8) is 0 Å². The minimum Gasteiger partial charge on any atom is -0.460 e. The van der Waals surface area contributed by atoms with Gasteiger partial charge in [-0.25, -0.2) is 0 Å². The summed E-state index contributed by atoms with van der Waals surface area (Å²) in [5.41, 5.74) is -0.475. The highest BCUT2D eigenvalue weighted by molar-refractivity contribution is 5.82. The zero-order chi connectivity index (χ0) is 32.3. The Morgan fingerprint density at radius 3 is 2.11 bits per heavy atom. The van der Waals surface area contributed by atoms with E-state index in [-0.39, 0.29) is 42.9 Å². The van der Waals surface area contributed by atoms with E-state index in [4.69, 9.17) is 14.2 Å². The number of nitrogens with one attached hydrogen (secondary N) is 2. The number of rotatable bonds is 21. The van der Waals surface area contributed by atoms with Crippen LogP contribution < -0.4 is 10.6 Å². The molecule has 2 rings (SSSR count). The topological polar surface area (TPSA) is 103 Å². The molecular weight excluding hydrogens is 556 g/mol. The Labute approximate surface area is 268 Å². The van der Waals surface area contributed by atoms with Crippen LogP contribution in [0.5, 0.6) is 0 Å². The first kappa shape index (κ1) is 38.3. The van der Waals surface area contributed by atoms with Crippen LogP contribution in [0.1, 0.15) is 157 Å². The number of allylic oxidation sites excluding steroid dienone is 2. The maximum Gasteiger partial charge on any atom is 0.307 e. The van der Waals surface area contributed by atoms with Crippen LogP contribution in [0.4, 0.5) is 0 Å². The molecule has 1 saturated heterocycles. The average Bonchev–Trinajstić information content (AvgIpc) is 2.97. The van der Waals surface area contributed by atoms with Crippen molar-refractivity contribution < 1.29 is 28.6 Å². The monoisotopic (exact) mass is 620 g/mol. The molecule has 1 saturated carbocycles. The van der Waals surface area contributed by atoms with Crippen LogP contribution in [-0.2, 0) is 28.6 Å². The van der Waals surface area contributed by atoms with Gasteiger partial charge in [-0.3, -0.25) is 14.4 Å². The van der Waals surface area contributed by atoms with Crippen LogP contribution in [0.25, 0.3) is 0 Å². The van der Waals surface area contributed by atoms with Crippen molar-refractivity contribution in [1.29, 1.82) is 0 Å². The summed E-state index contributed by atoms with van der Waals surface area (Å²) < 4.78 is 17.3. The maximum absolute atomic E-state index is 12.8. The second-order valence-electron chi connectivity index (χ2n) is 14.0. The van der Waals surface area contributed by atoms with Crippen LogP contribution in [0.3, 0.4) is 0 Å². The van der Waals surface area contributed by atoms with Crippen molar-refractivity contribution in [2.24, 2.45) is 5.41 Å². The second-order valence-corrected chi connectivity index (χ2v) is 14.0. The minimum absolute atomic E-state index is 0.0461. The summed E-state index contributed by atoms with van der Waals surface area (Å²) in [6, 6.07) is -0.142. The van der Waals surface area contributed by atoms with Crippen molar-refractivity contribution in [3.05, 3.63) is 12.2 Å². The van der Waals surface area contributed by atoms with E-state index in [1.807, 2.05) is 13.8 Å². The van der Waals surface area contributed by atoms with Crippen LogP contribution in [-0.4, -0.2) is 55.0 Å². The normalized spacial score (nSPS) is 22.9. The number of ether oxygens (including phenoxy) is 3. The van der Waals surface area contributed by atoms with Crippen molar-refractivity contribution in [2.45, 2.75) is 181 Å². The lowest BCUT2D eigenvalue weighted by Gasteiger charge is -2.44. The second kappa shape index (κ2) is 21.0. The molecule has 254 valence electrons.